The zero-order valence-electron chi connectivity index (χ0n) is 10.1. The van der Waals surface area contributed by atoms with Gasteiger partial charge in [0.05, 0.1) is 0 Å². The summed E-state index contributed by atoms with van der Waals surface area (Å²) in [5.41, 5.74) is 0. The van der Waals surface area contributed by atoms with Gasteiger partial charge in [0.15, 0.2) is 19.1 Å². The minimum atomic E-state index is -0.971. The molecule has 17 heavy (non-hydrogen) atoms. The summed E-state index contributed by atoms with van der Waals surface area (Å²) in [5.74, 6) is 1.84. The van der Waals surface area contributed by atoms with Gasteiger partial charge in [0.25, 0.3) is 0 Å². The van der Waals surface area contributed by atoms with Crippen LogP contribution in [0.4, 0.5) is 0 Å². The third kappa shape index (κ3) is 5.08. The lowest BCUT2D eigenvalue weighted by Gasteiger charge is -2.18. The van der Waals surface area contributed by atoms with Gasteiger partial charge in [-0.25, -0.2) is 0 Å². The van der Waals surface area contributed by atoms with Gasteiger partial charge >= 0.3 is 11.9 Å². The Balaban J connectivity index is 4.65. The van der Waals surface area contributed by atoms with Crippen molar-refractivity contribution < 1.29 is 19.1 Å². The molecule has 0 heterocycles. The number of terminal acetylenes is 2. The number of ether oxygens (including phenoxy) is 2. The molecule has 0 saturated carbocycles. The molecule has 0 radical (unpaired) electrons. The van der Waals surface area contributed by atoms with Crippen molar-refractivity contribution in [2.24, 2.45) is 11.8 Å². The van der Waals surface area contributed by atoms with Gasteiger partial charge in [-0.1, -0.05) is 32.1 Å². The molecule has 0 aliphatic carbocycles. The van der Waals surface area contributed by atoms with Crippen LogP contribution in [-0.2, 0) is 19.1 Å². The van der Waals surface area contributed by atoms with E-state index in [2.05, 4.69) is 11.8 Å². The van der Waals surface area contributed by atoms with Crippen LogP contribution in [0.15, 0.2) is 0 Å². The summed E-state index contributed by atoms with van der Waals surface area (Å²) in [6, 6.07) is 0. The predicted molar refractivity (Wildman–Crippen MR) is 62.5 cm³/mol. The molecule has 92 valence electrons. The van der Waals surface area contributed by atoms with Crippen LogP contribution in [0, 0.1) is 36.5 Å². The third-order valence-corrected chi connectivity index (χ3v) is 2.32. The van der Waals surface area contributed by atoms with Gasteiger partial charge in [0, 0.05) is 0 Å². The lowest BCUT2D eigenvalue weighted by Crippen LogP contribution is -2.33. The smallest absolute Gasteiger partial charge is 0.321 e. The van der Waals surface area contributed by atoms with Crippen LogP contribution in [0.2, 0.25) is 0 Å². The summed E-state index contributed by atoms with van der Waals surface area (Å²) in [5, 5.41) is 0. The fourth-order valence-electron chi connectivity index (χ4n) is 1.20. The second kappa shape index (κ2) is 8.24. The Morgan fingerprint density at radius 3 is 1.82 bits per heavy atom. The van der Waals surface area contributed by atoms with Crippen molar-refractivity contribution in [1.82, 2.24) is 0 Å². The third-order valence-electron chi connectivity index (χ3n) is 2.32. The number of rotatable bonds is 6. The summed E-state index contributed by atoms with van der Waals surface area (Å²) in [7, 11) is 0. The van der Waals surface area contributed by atoms with Crippen LogP contribution >= 0.6 is 0 Å². The standard InChI is InChI=1S/C13H16O4/c1-5-8-16-12(14)11(10(4)7-3)13(15)17-9-6-2/h1-2,10-11H,7-9H2,3-4H3. The van der Waals surface area contributed by atoms with E-state index < -0.39 is 17.9 Å². The molecule has 0 N–H and O–H groups in total. The highest BCUT2D eigenvalue weighted by molar-refractivity contribution is 5.95. The molecule has 0 aromatic rings. The van der Waals surface area contributed by atoms with E-state index in [1.807, 2.05) is 6.92 Å². The van der Waals surface area contributed by atoms with Gasteiger partial charge in [0.1, 0.15) is 0 Å². The molecule has 0 spiro atoms. The fourth-order valence-corrected chi connectivity index (χ4v) is 1.20. The van der Waals surface area contributed by atoms with Crippen LogP contribution < -0.4 is 0 Å². The Labute approximate surface area is 102 Å². The SMILES string of the molecule is C#CCOC(=O)C(C(=O)OCC#C)C(C)CC. The van der Waals surface area contributed by atoms with Gasteiger partial charge in [0.2, 0.25) is 0 Å². The highest BCUT2D eigenvalue weighted by Crippen LogP contribution is 2.18. The predicted octanol–water partition coefficient (Wildman–Crippen LogP) is 1.00. The van der Waals surface area contributed by atoms with Gasteiger partial charge < -0.3 is 9.47 Å². The van der Waals surface area contributed by atoms with Crippen LogP contribution in [0.1, 0.15) is 20.3 Å². The first-order chi connectivity index (χ1) is 8.08. The van der Waals surface area contributed by atoms with Crippen molar-refractivity contribution >= 4 is 11.9 Å². The van der Waals surface area contributed by atoms with Gasteiger partial charge in [-0.2, -0.15) is 0 Å². The molecule has 1 atom stereocenters. The Morgan fingerprint density at radius 1 is 1.12 bits per heavy atom. The Morgan fingerprint density at radius 2 is 1.53 bits per heavy atom. The molecule has 1 unspecified atom stereocenters. The number of hydrogen-bond donors (Lipinski definition) is 0. The Hall–Kier alpha value is -1.94. The summed E-state index contributed by atoms with van der Waals surface area (Å²) >= 11 is 0. The highest BCUT2D eigenvalue weighted by Gasteiger charge is 2.34. The van der Waals surface area contributed by atoms with Gasteiger partial charge in [-0.05, 0) is 5.92 Å². The first-order valence-corrected chi connectivity index (χ1v) is 5.28. The van der Waals surface area contributed by atoms with Crippen LogP contribution in [0.5, 0.6) is 0 Å². The van der Waals surface area contributed by atoms with Crippen molar-refractivity contribution in [3.8, 4) is 24.7 Å². The Kier molecular flexibility index (Phi) is 7.30. The van der Waals surface area contributed by atoms with Crippen molar-refractivity contribution in [3.05, 3.63) is 0 Å². The van der Waals surface area contributed by atoms with Crippen molar-refractivity contribution in [2.75, 3.05) is 13.2 Å². The van der Waals surface area contributed by atoms with E-state index >= 15 is 0 Å². The molecule has 0 amide bonds. The van der Waals surface area contributed by atoms with Crippen LogP contribution in [0.25, 0.3) is 0 Å². The molecule has 0 bridgehead atoms. The summed E-state index contributed by atoms with van der Waals surface area (Å²) in [6.07, 6.45) is 10.6. The molecule has 0 aliphatic heterocycles. The topological polar surface area (TPSA) is 52.6 Å². The number of carbonyl (C=O) groups is 2. The first kappa shape index (κ1) is 15.1. The number of hydrogen-bond acceptors (Lipinski definition) is 4. The average molecular weight is 236 g/mol. The maximum Gasteiger partial charge on any atom is 0.321 e. The fraction of sp³-hybridized carbons (Fsp3) is 0.538. The van der Waals surface area contributed by atoms with Crippen LogP contribution in [0.3, 0.4) is 0 Å². The maximum atomic E-state index is 11.6. The largest absolute Gasteiger partial charge is 0.452 e. The maximum absolute atomic E-state index is 11.6. The second-order valence-electron chi connectivity index (χ2n) is 3.49. The first-order valence-electron chi connectivity index (χ1n) is 5.28. The normalized spacial score (nSPS) is 11.1. The molecule has 4 nitrogen and oxygen atoms in total. The Bertz CT molecular complexity index is 315. The van der Waals surface area contributed by atoms with E-state index in [-0.39, 0.29) is 19.1 Å². The van der Waals surface area contributed by atoms with E-state index in [1.165, 1.54) is 0 Å². The summed E-state index contributed by atoms with van der Waals surface area (Å²) < 4.78 is 9.50. The monoisotopic (exact) mass is 236 g/mol. The van der Waals surface area contributed by atoms with Crippen LogP contribution in [-0.4, -0.2) is 25.2 Å². The summed E-state index contributed by atoms with van der Waals surface area (Å²) in [4.78, 5) is 23.3. The number of carbonyl (C=O) groups excluding carboxylic acids is 2. The lowest BCUT2D eigenvalue weighted by atomic mass is 9.92. The van der Waals surface area contributed by atoms with Gasteiger partial charge in [-0.3, -0.25) is 9.59 Å². The molecule has 0 saturated heterocycles. The van der Waals surface area contributed by atoms with E-state index in [0.717, 1.165) is 0 Å². The molecule has 0 aliphatic rings. The van der Waals surface area contributed by atoms with E-state index in [4.69, 9.17) is 22.3 Å². The second-order valence-corrected chi connectivity index (χ2v) is 3.49. The molecule has 0 fully saturated rings. The zero-order chi connectivity index (χ0) is 13.3. The minimum absolute atomic E-state index is 0.159. The molecule has 4 heteroatoms. The number of esters is 2. The van der Waals surface area contributed by atoms with E-state index in [0.29, 0.717) is 6.42 Å². The molecule has 0 aromatic heterocycles. The highest BCUT2D eigenvalue weighted by atomic mass is 16.6. The molecule has 0 rings (SSSR count). The summed E-state index contributed by atoms with van der Waals surface area (Å²) in [6.45, 7) is 3.31. The quantitative estimate of drug-likeness (QED) is 0.392. The average Bonchev–Trinajstić information content (AvgIpc) is 2.33. The van der Waals surface area contributed by atoms with Crippen molar-refractivity contribution in [1.29, 1.82) is 0 Å². The zero-order valence-corrected chi connectivity index (χ0v) is 10.1. The lowest BCUT2D eigenvalue weighted by molar-refractivity contribution is -0.163. The van der Waals surface area contributed by atoms with E-state index in [1.54, 1.807) is 6.92 Å². The minimum Gasteiger partial charge on any atom is -0.452 e. The van der Waals surface area contributed by atoms with Crippen molar-refractivity contribution in [3.63, 3.8) is 0 Å². The van der Waals surface area contributed by atoms with Crippen molar-refractivity contribution in [2.45, 2.75) is 20.3 Å². The van der Waals surface area contributed by atoms with E-state index in [9.17, 15) is 9.59 Å². The molecular weight excluding hydrogens is 220 g/mol. The molecule has 0 aromatic carbocycles. The van der Waals surface area contributed by atoms with Gasteiger partial charge in [-0.15, -0.1) is 12.8 Å². The molecular formula is C13H16O4.